The first-order chi connectivity index (χ1) is 12.3. The fourth-order valence-electron chi connectivity index (χ4n) is 3.85. The van der Waals surface area contributed by atoms with Crippen molar-refractivity contribution in [3.05, 3.63) is 65.7 Å². The van der Waals surface area contributed by atoms with Gasteiger partial charge in [-0.05, 0) is 80.9 Å². The molecule has 1 aliphatic heterocycles. The quantitative estimate of drug-likeness (QED) is 0.607. The topological polar surface area (TPSA) is 12.5 Å². The summed E-state index contributed by atoms with van der Waals surface area (Å²) in [4.78, 5) is 2.66. The van der Waals surface area contributed by atoms with Gasteiger partial charge >= 0.3 is 0 Å². The van der Waals surface area contributed by atoms with E-state index in [1.54, 1.807) is 7.11 Å². The Labute approximate surface area is 152 Å². The Morgan fingerprint density at radius 3 is 2.28 bits per heavy atom. The Morgan fingerprint density at radius 1 is 0.880 bits per heavy atom. The zero-order chi connectivity index (χ0) is 17.3. The van der Waals surface area contributed by atoms with Crippen LogP contribution in [0.15, 0.2) is 54.6 Å². The molecule has 0 saturated carbocycles. The maximum atomic E-state index is 5.21. The number of likely N-dealkylation sites (tertiary alicyclic amines) is 1. The second-order valence-corrected chi connectivity index (χ2v) is 7.19. The lowest BCUT2D eigenvalue weighted by Crippen LogP contribution is -2.33. The number of rotatable bonds is 8. The van der Waals surface area contributed by atoms with Crippen LogP contribution in [-0.2, 0) is 6.42 Å². The SMILES string of the molecule is COc1ccc(CCCCCN2CCC(c3ccccc3)CC2)cc1. The molecule has 2 aromatic rings. The van der Waals surface area contributed by atoms with Crippen LogP contribution >= 0.6 is 0 Å². The molecule has 1 heterocycles. The molecule has 0 aliphatic carbocycles. The molecule has 0 amide bonds. The van der Waals surface area contributed by atoms with Crippen LogP contribution in [0.25, 0.3) is 0 Å². The van der Waals surface area contributed by atoms with E-state index in [1.165, 1.54) is 69.3 Å². The van der Waals surface area contributed by atoms with Crippen LogP contribution in [0.3, 0.4) is 0 Å². The molecule has 25 heavy (non-hydrogen) atoms. The molecular formula is C23H31NO. The summed E-state index contributed by atoms with van der Waals surface area (Å²) in [6, 6.07) is 19.5. The van der Waals surface area contributed by atoms with Crippen molar-refractivity contribution in [1.29, 1.82) is 0 Å². The largest absolute Gasteiger partial charge is 0.497 e. The van der Waals surface area contributed by atoms with E-state index in [9.17, 15) is 0 Å². The van der Waals surface area contributed by atoms with Gasteiger partial charge in [0.15, 0.2) is 0 Å². The molecular weight excluding hydrogens is 306 g/mol. The molecule has 1 aliphatic rings. The fraction of sp³-hybridized carbons (Fsp3) is 0.478. The second-order valence-electron chi connectivity index (χ2n) is 7.19. The number of nitrogens with zero attached hydrogens (tertiary/aromatic N) is 1. The number of ether oxygens (including phenoxy) is 1. The first-order valence-corrected chi connectivity index (χ1v) is 9.75. The third-order valence-corrected chi connectivity index (χ3v) is 5.46. The van der Waals surface area contributed by atoms with Gasteiger partial charge in [-0.3, -0.25) is 0 Å². The number of methoxy groups -OCH3 is 1. The van der Waals surface area contributed by atoms with Crippen LogP contribution in [0.1, 0.15) is 49.1 Å². The zero-order valence-corrected chi connectivity index (χ0v) is 15.5. The molecule has 0 spiro atoms. The maximum absolute atomic E-state index is 5.21. The number of piperidine rings is 1. The van der Waals surface area contributed by atoms with Crippen LogP contribution in [0.2, 0.25) is 0 Å². The Bertz CT molecular complexity index is 600. The highest BCUT2D eigenvalue weighted by Gasteiger charge is 2.19. The maximum Gasteiger partial charge on any atom is 0.118 e. The third-order valence-electron chi connectivity index (χ3n) is 5.46. The number of benzene rings is 2. The monoisotopic (exact) mass is 337 g/mol. The average molecular weight is 338 g/mol. The molecule has 3 rings (SSSR count). The molecule has 2 heteroatoms. The predicted molar refractivity (Wildman–Crippen MR) is 105 cm³/mol. The third kappa shape index (κ3) is 5.61. The molecule has 2 nitrogen and oxygen atoms in total. The van der Waals surface area contributed by atoms with Crippen LogP contribution in [0.4, 0.5) is 0 Å². The second kappa shape index (κ2) is 9.62. The van der Waals surface area contributed by atoms with Gasteiger partial charge in [-0.1, -0.05) is 48.9 Å². The summed E-state index contributed by atoms with van der Waals surface area (Å²) in [5.41, 5.74) is 2.95. The summed E-state index contributed by atoms with van der Waals surface area (Å²) in [7, 11) is 1.72. The van der Waals surface area contributed by atoms with Crippen molar-refractivity contribution < 1.29 is 4.74 Å². The molecule has 0 atom stereocenters. The Hall–Kier alpha value is -1.80. The molecule has 1 saturated heterocycles. The van der Waals surface area contributed by atoms with E-state index < -0.39 is 0 Å². The lowest BCUT2D eigenvalue weighted by molar-refractivity contribution is 0.208. The Balaban J connectivity index is 1.28. The van der Waals surface area contributed by atoms with E-state index in [0.29, 0.717) is 0 Å². The van der Waals surface area contributed by atoms with Gasteiger partial charge in [-0.25, -0.2) is 0 Å². The van der Waals surface area contributed by atoms with Gasteiger partial charge in [0.25, 0.3) is 0 Å². The van der Waals surface area contributed by atoms with E-state index in [1.807, 2.05) is 0 Å². The van der Waals surface area contributed by atoms with E-state index in [4.69, 9.17) is 4.74 Å². The highest BCUT2D eigenvalue weighted by atomic mass is 16.5. The van der Waals surface area contributed by atoms with Crippen LogP contribution in [-0.4, -0.2) is 31.6 Å². The fourth-order valence-corrected chi connectivity index (χ4v) is 3.85. The summed E-state index contributed by atoms with van der Waals surface area (Å²) in [5, 5.41) is 0. The summed E-state index contributed by atoms with van der Waals surface area (Å²) >= 11 is 0. The molecule has 0 unspecified atom stereocenters. The van der Waals surface area contributed by atoms with Gasteiger partial charge in [0.2, 0.25) is 0 Å². The van der Waals surface area contributed by atoms with E-state index in [2.05, 4.69) is 59.5 Å². The predicted octanol–water partition coefficient (Wildman–Crippen LogP) is 5.29. The average Bonchev–Trinajstić information content (AvgIpc) is 2.69. The minimum Gasteiger partial charge on any atom is -0.497 e. The van der Waals surface area contributed by atoms with E-state index in [-0.39, 0.29) is 0 Å². The minimum atomic E-state index is 0.771. The summed E-state index contributed by atoms with van der Waals surface area (Å²) < 4.78 is 5.21. The standard InChI is InChI=1S/C23H31NO/c1-25-23-13-11-20(12-14-23)8-4-3-7-17-24-18-15-22(16-19-24)21-9-5-2-6-10-21/h2,5-6,9-14,22H,3-4,7-8,15-19H2,1H3. The summed E-state index contributed by atoms with van der Waals surface area (Å²) in [5.74, 6) is 1.72. The van der Waals surface area contributed by atoms with Crippen molar-refractivity contribution in [1.82, 2.24) is 4.90 Å². The normalized spacial score (nSPS) is 16.0. The van der Waals surface area contributed by atoms with Gasteiger partial charge in [0.1, 0.15) is 5.75 Å². The highest BCUT2D eigenvalue weighted by Crippen LogP contribution is 2.27. The molecule has 2 aromatic carbocycles. The number of unbranched alkanes of at least 4 members (excludes halogenated alkanes) is 2. The van der Waals surface area contributed by atoms with Crippen molar-refractivity contribution in [2.75, 3.05) is 26.7 Å². The van der Waals surface area contributed by atoms with Crippen molar-refractivity contribution in [2.45, 2.75) is 44.4 Å². The summed E-state index contributed by atoms with van der Waals surface area (Å²) in [6.45, 7) is 3.79. The lowest BCUT2D eigenvalue weighted by atomic mass is 9.89. The molecule has 0 aromatic heterocycles. The van der Waals surface area contributed by atoms with Crippen molar-refractivity contribution in [2.24, 2.45) is 0 Å². The van der Waals surface area contributed by atoms with Gasteiger partial charge in [0.05, 0.1) is 7.11 Å². The van der Waals surface area contributed by atoms with Crippen LogP contribution in [0.5, 0.6) is 5.75 Å². The highest BCUT2D eigenvalue weighted by molar-refractivity contribution is 5.27. The Kier molecular flexibility index (Phi) is 6.93. The zero-order valence-electron chi connectivity index (χ0n) is 15.5. The van der Waals surface area contributed by atoms with Crippen molar-refractivity contribution in [3.8, 4) is 5.75 Å². The van der Waals surface area contributed by atoms with Gasteiger partial charge in [-0.2, -0.15) is 0 Å². The van der Waals surface area contributed by atoms with Crippen LogP contribution < -0.4 is 4.74 Å². The van der Waals surface area contributed by atoms with Crippen molar-refractivity contribution >= 4 is 0 Å². The molecule has 1 fully saturated rings. The first kappa shape index (κ1) is 18.0. The van der Waals surface area contributed by atoms with Crippen molar-refractivity contribution in [3.63, 3.8) is 0 Å². The number of aryl methyl sites for hydroxylation is 1. The van der Waals surface area contributed by atoms with Gasteiger partial charge in [0, 0.05) is 0 Å². The Morgan fingerprint density at radius 2 is 1.60 bits per heavy atom. The van der Waals surface area contributed by atoms with E-state index >= 15 is 0 Å². The number of hydrogen-bond donors (Lipinski definition) is 0. The van der Waals surface area contributed by atoms with Gasteiger partial charge in [-0.15, -0.1) is 0 Å². The molecule has 0 bridgehead atoms. The lowest BCUT2D eigenvalue weighted by Gasteiger charge is -2.32. The van der Waals surface area contributed by atoms with Gasteiger partial charge < -0.3 is 9.64 Å². The number of hydrogen-bond acceptors (Lipinski definition) is 2. The molecule has 134 valence electrons. The smallest absolute Gasteiger partial charge is 0.118 e. The van der Waals surface area contributed by atoms with Crippen LogP contribution in [0, 0.1) is 0 Å². The summed E-state index contributed by atoms with van der Waals surface area (Å²) in [6.07, 6.45) is 7.75. The molecule has 0 N–H and O–H groups in total. The van der Waals surface area contributed by atoms with E-state index in [0.717, 1.165) is 11.7 Å². The molecule has 0 radical (unpaired) electrons. The minimum absolute atomic E-state index is 0.771. The first-order valence-electron chi connectivity index (χ1n) is 9.75.